The van der Waals surface area contributed by atoms with Gasteiger partial charge in [-0.3, -0.25) is 0 Å². The van der Waals surface area contributed by atoms with Gasteiger partial charge in [-0.15, -0.1) is 11.3 Å². The third kappa shape index (κ3) is 4.52. The van der Waals surface area contributed by atoms with Crippen LogP contribution < -0.4 is 4.72 Å². The van der Waals surface area contributed by atoms with Gasteiger partial charge in [0.1, 0.15) is 4.21 Å². The number of nitrogens with one attached hydrogen (secondary N) is 1. The van der Waals surface area contributed by atoms with Crippen molar-refractivity contribution in [1.29, 1.82) is 0 Å². The van der Waals surface area contributed by atoms with Gasteiger partial charge in [-0.05, 0) is 50.2 Å². The average molecular weight is 347 g/mol. The van der Waals surface area contributed by atoms with Crippen LogP contribution in [0.1, 0.15) is 39.5 Å². The smallest absolute Gasteiger partial charge is 0.250 e. The molecule has 126 valence electrons. The summed E-state index contributed by atoms with van der Waals surface area (Å²) in [4.78, 5) is 2.24. The molecule has 1 aromatic heterocycles. The molecule has 0 bridgehead atoms. The van der Waals surface area contributed by atoms with Crippen LogP contribution in [0.5, 0.6) is 0 Å². The number of aliphatic hydroxyl groups is 1. The molecule has 0 amide bonds. The maximum absolute atomic E-state index is 12.2. The number of sulfonamides is 1. The zero-order chi connectivity index (χ0) is 16.2. The van der Waals surface area contributed by atoms with E-state index in [0.717, 1.165) is 38.8 Å². The Kier molecular flexibility index (Phi) is 6.01. The molecule has 2 heterocycles. The van der Waals surface area contributed by atoms with Crippen molar-refractivity contribution < 1.29 is 13.5 Å². The quantitative estimate of drug-likeness (QED) is 0.793. The molecule has 0 spiro atoms. The van der Waals surface area contributed by atoms with E-state index in [9.17, 15) is 13.5 Å². The van der Waals surface area contributed by atoms with E-state index in [-0.39, 0.29) is 6.04 Å². The lowest BCUT2D eigenvalue weighted by Crippen LogP contribution is -2.49. The van der Waals surface area contributed by atoms with E-state index in [1.807, 2.05) is 13.8 Å². The second kappa shape index (κ2) is 7.40. The van der Waals surface area contributed by atoms with Crippen LogP contribution in [0, 0.1) is 0 Å². The highest BCUT2D eigenvalue weighted by atomic mass is 32.2. The molecule has 7 heteroatoms. The van der Waals surface area contributed by atoms with Crippen LogP contribution in [0.2, 0.25) is 0 Å². The van der Waals surface area contributed by atoms with Gasteiger partial charge in [-0.2, -0.15) is 0 Å². The number of rotatable bonds is 7. The van der Waals surface area contributed by atoms with E-state index in [2.05, 4.69) is 9.62 Å². The molecule has 0 radical (unpaired) electrons. The molecule has 0 atom stereocenters. The molecule has 0 aromatic carbocycles. The molecule has 1 fully saturated rings. The van der Waals surface area contributed by atoms with Crippen molar-refractivity contribution in [3.05, 3.63) is 17.5 Å². The van der Waals surface area contributed by atoms with Crippen molar-refractivity contribution in [3.63, 3.8) is 0 Å². The van der Waals surface area contributed by atoms with E-state index in [1.165, 1.54) is 11.3 Å². The third-order valence-electron chi connectivity index (χ3n) is 4.50. The van der Waals surface area contributed by atoms with Gasteiger partial charge in [0.2, 0.25) is 10.0 Å². The summed E-state index contributed by atoms with van der Waals surface area (Å²) in [7, 11) is -3.38. The fourth-order valence-electron chi connectivity index (χ4n) is 2.79. The van der Waals surface area contributed by atoms with Crippen LogP contribution in [0.15, 0.2) is 21.7 Å². The van der Waals surface area contributed by atoms with Gasteiger partial charge in [0.15, 0.2) is 0 Å². The van der Waals surface area contributed by atoms with Gasteiger partial charge in [-0.25, -0.2) is 13.1 Å². The number of nitrogens with zero attached hydrogens (tertiary/aromatic N) is 1. The van der Waals surface area contributed by atoms with E-state index in [1.54, 1.807) is 17.5 Å². The summed E-state index contributed by atoms with van der Waals surface area (Å²) in [6.07, 6.45) is 3.06. The summed E-state index contributed by atoms with van der Waals surface area (Å²) in [6, 6.07) is 3.36. The Morgan fingerprint density at radius 1 is 1.36 bits per heavy atom. The minimum atomic E-state index is -3.38. The van der Waals surface area contributed by atoms with Crippen molar-refractivity contribution in [2.45, 2.75) is 55.4 Å². The molecule has 0 saturated carbocycles. The lowest BCUT2D eigenvalue weighted by Gasteiger charge is -2.37. The van der Waals surface area contributed by atoms with Gasteiger partial charge in [0.25, 0.3) is 0 Å². The zero-order valence-corrected chi connectivity index (χ0v) is 14.9. The standard InChI is InChI=1S/C15H26N2O3S2/c1-3-15(18,4-2)12-17-9-7-13(8-10-17)16-22(19,20)14-6-5-11-21-14/h5-6,11,13,16,18H,3-4,7-10,12H2,1-2H3. The summed E-state index contributed by atoms with van der Waals surface area (Å²) in [6.45, 7) is 6.32. The SMILES string of the molecule is CCC(O)(CC)CN1CCC(NS(=O)(=O)c2cccs2)CC1. The lowest BCUT2D eigenvalue weighted by atomic mass is 9.95. The molecule has 2 N–H and O–H groups in total. The van der Waals surface area contributed by atoms with Crippen LogP contribution in [0.4, 0.5) is 0 Å². The van der Waals surface area contributed by atoms with E-state index in [4.69, 9.17) is 0 Å². The maximum atomic E-state index is 12.2. The molecule has 1 saturated heterocycles. The normalized spacial score (nSPS) is 18.7. The second-order valence-electron chi connectivity index (χ2n) is 6.04. The van der Waals surface area contributed by atoms with Crippen molar-refractivity contribution >= 4 is 21.4 Å². The van der Waals surface area contributed by atoms with Crippen molar-refractivity contribution in [2.24, 2.45) is 0 Å². The summed E-state index contributed by atoms with van der Waals surface area (Å²) >= 11 is 1.24. The summed E-state index contributed by atoms with van der Waals surface area (Å²) < 4.78 is 27.6. The molecular formula is C15H26N2O3S2. The first-order valence-electron chi connectivity index (χ1n) is 7.89. The highest BCUT2D eigenvalue weighted by molar-refractivity contribution is 7.91. The molecule has 5 nitrogen and oxygen atoms in total. The maximum Gasteiger partial charge on any atom is 0.250 e. The van der Waals surface area contributed by atoms with Crippen LogP contribution in [0.3, 0.4) is 0 Å². The highest BCUT2D eigenvalue weighted by Gasteiger charge is 2.30. The van der Waals surface area contributed by atoms with Gasteiger partial charge >= 0.3 is 0 Å². The third-order valence-corrected chi connectivity index (χ3v) is 7.42. The Hall–Kier alpha value is -0.470. The Bertz CT molecular complexity index is 545. The second-order valence-corrected chi connectivity index (χ2v) is 8.92. The first kappa shape index (κ1) is 17.9. The molecule has 22 heavy (non-hydrogen) atoms. The zero-order valence-electron chi connectivity index (χ0n) is 13.3. The van der Waals surface area contributed by atoms with Crippen LogP contribution >= 0.6 is 11.3 Å². The van der Waals surface area contributed by atoms with E-state index >= 15 is 0 Å². The number of hydrogen-bond acceptors (Lipinski definition) is 5. The summed E-state index contributed by atoms with van der Waals surface area (Å²) in [5, 5.41) is 12.2. The topological polar surface area (TPSA) is 69.6 Å². The fraction of sp³-hybridized carbons (Fsp3) is 0.733. The first-order valence-corrected chi connectivity index (χ1v) is 10.3. The van der Waals surface area contributed by atoms with Crippen molar-refractivity contribution in [1.82, 2.24) is 9.62 Å². The van der Waals surface area contributed by atoms with Crippen molar-refractivity contribution in [3.8, 4) is 0 Å². The molecule has 1 aliphatic rings. The largest absolute Gasteiger partial charge is 0.389 e. The summed E-state index contributed by atoms with van der Waals surface area (Å²) in [5.41, 5.74) is -0.622. The Balaban J connectivity index is 1.85. The summed E-state index contributed by atoms with van der Waals surface area (Å²) in [5.74, 6) is 0. The molecule has 2 rings (SSSR count). The monoisotopic (exact) mass is 346 g/mol. The van der Waals surface area contributed by atoms with Gasteiger partial charge in [0, 0.05) is 12.6 Å². The number of hydrogen-bond donors (Lipinski definition) is 2. The van der Waals surface area contributed by atoms with Gasteiger partial charge < -0.3 is 10.0 Å². The van der Waals surface area contributed by atoms with Gasteiger partial charge in [0.05, 0.1) is 5.60 Å². The Labute approximate surface area is 137 Å². The molecule has 0 unspecified atom stereocenters. The molecule has 0 aliphatic carbocycles. The first-order chi connectivity index (χ1) is 10.4. The fourth-order valence-corrected chi connectivity index (χ4v) is 5.11. The molecule has 1 aliphatic heterocycles. The number of thiophene rings is 1. The molecular weight excluding hydrogens is 320 g/mol. The van der Waals surface area contributed by atoms with Gasteiger partial charge in [-0.1, -0.05) is 19.9 Å². The van der Waals surface area contributed by atoms with E-state index < -0.39 is 15.6 Å². The van der Waals surface area contributed by atoms with Crippen molar-refractivity contribution in [2.75, 3.05) is 19.6 Å². The Morgan fingerprint density at radius 3 is 2.50 bits per heavy atom. The average Bonchev–Trinajstić information content (AvgIpc) is 3.04. The number of likely N-dealkylation sites (tertiary alicyclic amines) is 1. The van der Waals surface area contributed by atoms with Crippen LogP contribution in [0.25, 0.3) is 0 Å². The lowest BCUT2D eigenvalue weighted by molar-refractivity contribution is -0.00925. The predicted octanol–water partition coefficient (Wildman–Crippen LogP) is 2.04. The highest BCUT2D eigenvalue weighted by Crippen LogP contribution is 2.21. The minimum absolute atomic E-state index is 0.0142. The van der Waals surface area contributed by atoms with E-state index in [0.29, 0.717) is 10.8 Å². The molecule has 1 aromatic rings. The van der Waals surface area contributed by atoms with Crippen LogP contribution in [-0.2, 0) is 10.0 Å². The van der Waals surface area contributed by atoms with Crippen LogP contribution in [-0.4, -0.2) is 49.7 Å². The number of piperidine rings is 1. The Morgan fingerprint density at radius 2 is 2.00 bits per heavy atom. The predicted molar refractivity (Wildman–Crippen MR) is 89.6 cm³/mol. The minimum Gasteiger partial charge on any atom is -0.389 e. The number of β-amino-alcohol motifs (C(OH)–C–C–N with tert-alkyl or cyclic N) is 1.